The summed E-state index contributed by atoms with van der Waals surface area (Å²) in [6.07, 6.45) is 0. The predicted molar refractivity (Wildman–Crippen MR) is 71.7 cm³/mol. The average molecular weight is 254 g/mol. The van der Waals surface area contributed by atoms with Crippen LogP contribution in [0.5, 0.6) is 0 Å². The third kappa shape index (κ3) is 4.37. The molecule has 0 heterocycles. The van der Waals surface area contributed by atoms with E-state index in [0.717, 1.165) is 24.2 Å². The lowest BCUT2D eigenvalue weighted by Gasteiger charge is -2.27. The van der Waals surface area contributed by atoms with Gasteiger partial charge in [0.25, 0.3) is 0 Å². The first-order valence-corrected chi connectivity index (χ1v) is 6.28. The number of hydrogen-bond donors (Lipinski definition) is 1. The van der Waals surface area contributed by atoms with Crippen LogP contribution in [0.2, 0.25) is 0 Å². The molecule has 0 amide bonds. The molecule has 0 aromatic heterocycles. The van der Waals surface area contributed by atoms with E-state index >= 15 is 0 Å². The third-order valence-corrected chi connectivity index (χ3v) is 3.07. The molecule has 0 unspecified atom stereocenters. The van der Waals surface area contributed by atoms with E-state index in [0.29, 0.717) is 19.2 Å². The number of benzene rings is 1. The maximum atomic E-state index is 13.1. The van der Waals surface area contributed by atoms with E-state index in [2.05, 4.69) is 18.7 Å². The summed E-state index contributed by atoms with van der Waals surface area (Å²) >= 11 is 0. The molecule has 0 fully saturated rings. The smallest absolute Gasteiger partial charge is 0.123 e. The van der Waals surface area contributed by atoms with Crippen molar-refractivity contribution >= 4 is 0 Å². The van der Waals surface area contributed by atoms with Gasteiger partial charge in [-0.05, 0) is 37.1 Å². The number of nitrogens with two attached hydrogens (primary N) is 1. The van der Waals surface area contributed by atoms with E-state index in [1.165, 1.54) is 12.1 Å². The Bertz CT molecular complexity index is 369. The van der Waals surface area contributed by atoms with E-state index in [1.807, 2.05) is 6.07 Å². The fourth-order valence-corrected chi connectivity index (χ4v) is 1.89. The van der Waals surface area contributed by atoms with E-state index in [4.69, 9.17) is 10.5 Å². The van der Waals surface area contributed by atoms with Crippen molar-refractivity contribution in [3.63, 3.8) is 0 Å². The molecule has 1 aromatic rings. The van der Waals surface area contributed by atoms with Crippen molar-refractivity contribution in [2.75, 3.05) is 20.3 Å². The van der Waals surface area contributed by atoms with Gasteiger partial charge in [0.15, 0.2) is 0 Å². The van der Waals surface area contributed by atoms with E-state index in [9.17, 15) is 4.39 Å². The highest BCUT2D eigenvalue weighted by Crippen LogP contribution is 2.15. The van der Waals surface area contributed by atoms with Crippen LogP contribution in [0.25, 0.3) is 0 Å². The van der Waals surface area contributed by atoms with Gasteiger partial charge in [-0.15, -0.1) is 0 Å². The van der Waals surface area contributed by atoms with Gasteiger partial charge in [-0.25, -0.2) is 4.39 Å². The van der Waals surface area contributed by atoms with Gasteiger partial charge in [-0.2, -0.15) is 0 Å². The molecule has 0 saturated heterocycles. The SMILES string of the molecule is COCCN(Cc1ccc(F)cc1CN)C(C)C. The highest BCUT2D eigenvalue weighted by Gasteiger charge is 2.12. The van der Waals surface area contributed by atoms with Crippen LogP contribution >= 0.6 is 0 Å². The molecule has 0 atom stereocenters. The summed E-state index contributed by atoms with van der Waals surface area (Å²) in [5.74, 6) is -0.229. The third-order valence-electron chi connectivity index (χ3n) is 3.07. The van der Waals surface area contributed by atoms with Gasteiger partial charge in [0.2, 0.25) is 0 Å². The van der Waals surface area contributed by atoms with Crippen LogP contribution in [0.1, 0.15) is 25.0 Å². The highest BCUT2D eigenvalue weighted by molar-refractivity contribution is 5.27. The average Bonchev–Trinajstić information content (AvgIpc) is 2.35. The van der Waals surface area contributed by atoms with Crippen molar-refractivity contribution in [1.82, 2.24) is 4.90 Å². The fourth-order valence-electron chi connectivity index (χ4n) is 1.89. The Morgan fingerprint density at radius 2 is 2.06 bits per heavy atom. The van der Waals surface area contributed by atoms with E-state index in [1.54, 1.807) is 7.11 Å². The minimum absolute atomic E-state index is 0.229. The van der Waals surface area contributed by atoms with Crippen LogP contribution in [0.15, 0.2) is 18.2 Å². The lowest BCUT2D eigenvalue weighted by molar-refractivity contribution is 0.124. The highest BCUT2D eigenvalue weighted by atomic mass is 19.1. The Kier molecular flexibility index (Phi) is 6.25. The van der Waals surface area contributed by atoms with Crippen LogP contribution in [0.3, 0.4) is 0 Å². The second-order valence-electron chi connectivity index (χ2n) is 4.67. The van der Waals surface area contributed by atoms with Crippen molar-refractivity contribution in [1.29, 1.82) is 0 Å². The number of rotatable bonds is 7. The van der Waals surface area contributed by atoms with Gasteiger partial charge in [0, 0.05) is 32.8 Å². The molecule has 2 N–H and O–H groups in total. The maximum absolute atomic E-state index is 13.1. The molecular formula is C14H23FN2O. The molecular weight excluding hydrogens is 231 g/mol. The van der Waals surface area contributed by atoms with Crippen LogP contribution in [-0.2, 0) is 17.8 Å². The first kappa shape index (κ1) is 15.1. The Balaban J connectivity index is 2.79. The number of halogens is 1. The molecule has 0 aliphatic carbocycles. The summed E-state index contributed by atoms with van der Waals surface area (Å²) in [5, 5.41) is 0. The van der Waals surface area contributed by atoms with E-state index in [-0.39, 0.29) is 5.82 Å². The van der Waals surface area contributed by atoms with Crippen LogP contribution in [0.4, 0.5) is 4.39 Å². The molecule has 0 spiro atoms. The molecule has 0 aliphatic rings. The first-order valence-electron chi connectivity index (χ1n) is 6.28. The Morgan fingerprint density at radius 1 is 1.33 bits per heavy atom. The zero-order valence-corrected chi connectivity index (χ0v) is 11.4. The standard InChI is InChI=1S/C14H23FN2O/c1-11(2)17(6-7-18-3)10-12-4-5-14(15)8-13(12)9-16/h4-5,8,11H,6-7,9-10,16H2,1-3H3. The van der Waals surface area contributed by atoms with Crippen molar-refractivity contribution in [2.24, 2.45) is 5.73 Å². The molecule has 4 heteroatoms. The minimum Gasteiger partial charge on any atom is -0.383 e. The second-order valence-corrected chi connectivity index (χ2v) is 4.67. The van der Waals surface area contributed by atoms with Crippen LogP contribution < -0.4 is 5.73 Å². The summed E-state index contributed by atoms with van der Waals surface area (Å²) in [7, 11) is 1.70. The number of hydrogen-bond acceptors (Lipinski definition) is 3. The molecule has 0 bridgehead atoms. The molecule has 1 rings (SSSR count). The van der Waals surface area contributed by atoms with Crippen molar-refractivity contribution < 1.29 is 9.13 Å². The molecule has 0 radical (unpaired) electrons. The minimum atomic E-state index is -0.229. The van der Waals surface area contributed by atoms with Gasteiger partial charge < -0.3 is 10.5 Å². The number of ether oxygens (including phenoxy) is 1. The molecule has 0 saturated carbocycles. The topological polar surface area (TPSA) is 38.5 Å². The summed E-state index contributed by atoms with van der Waals surface area (Å²) in [5.41, 5.74) is 7.62. The van der Waals surface area contributed by atoms with Gasteiger partial charge in [-0.1, -0.05) is 6.07 Å². The summed E-state index contributed by atoms with van der Waals surface area (Å²) < 4.78 is 18.3. The lowest BCUT2D eigenvalue weighted by atomic mass is 10.1. The summed E-state index contributed by atoms with van der Waals surface area (Å²) in [6.45, 7) is 6.96. The lowest BCUT2D eigenvalue weighted by Crippen LogP contribution is -2.33. The van der Waals surface area contributed by atoms with Gasteiger partial charge in [0.1, 0.15) is 5.82 Å². The van der Waals surface area contributed by atoms with Crippen LogP contribution in [0, 0.1) is 5.82 Å². The molecule has 18 heavy (non-hydrogen) atoms. The molecule has 0 aliphatic heterocycles. The monoisotopic (exact) mass is 254 g/mol. The summed E-state index contributed by atoms with van der Waals surface area (Å²) in [4.78, 5) is 2.29. The maximum Gasteiger partial charge on any atom is 0.123 e. The van der Waals surface area contributed by atoms with Crippen molar-refractivity contribution in [2.45, 2.75) is 33.0 Å². The Morgan fingerprint density at radius 3 is 2.61 bits per heavy atom. The predicted octanol–water partition coefficient (Wildman–Crippen LogP) is 2.14. The van der Waals surface area contributed by atoms with Crippen molar-refractivity contribution in [3.8, 4) is 0 Å². The number of methoxy groups -OCH3 is 1. The molecule has 3 nitrogen and oxygen atoms in total. The molecule has 102 valence electrons. The van der Waals surface area contributed by atoms with Crippen molar-refractivity contribution in [3.05, 3.63) is 35.1 Å². The van der Waals surface area contributed by atoms with Gasteiger partial charge in [-0.3, -0.25) is 4.90 Å². The quantitative estimate of drug-likeness (QED) is 0.810. The largest absolute Gasteiger partial charge is 0.383 e. The Labute approximate surface area is 109 Å². The first-order chi connectivity index (χ1) is 8.58. The van der Waals surface area contributed by atoms with Gasteiger partial charge >= 0.3 is 0 Å². The zero-order chi connectivity index (χ0) is 13.5. The molecule has 1 aromatic carbocycles. The summed E-state index contributed by atoms with van der Waals surface area (Å²) in [6, 6.07) is 5.24. The zero-order valence-electron chi connectivity index (χ0n) is 11.4. The number of nitrogens with zero attached hydrogens (tertiary/aromatic N) is 1. The second kappa shape index (κ2) is 7.46. The fraction of sp³-hybridized carbons (Fsp3) is 0.571. The van der Waals surface area contributed by atoms with Gasteiger partial charge in [0.05, 0.1) is 6.61 Å². The Hall–Kier alpha value is -0.970. The van der Waals surface area contributed by atoms with Crippen LogP contribution in [-0.4, -0.2) is 31.2 Å². The normalized spacial score (nSPS) is 11.5. The van der Waals surface area contributed by atoms with E-state index < -0.39 is 0 Å².